The van der Waals surface area contributed by atoms with Crippen LogP contribution >= 0.6 is 0 Å². The van der Waals surface area contributed by atoms with Crippen molar-refractivity contribution in [2.24, 2.45) is 0 Å². The summed E-state index contributed by atoms with van der Waals surface area (Å²) in [5.41, 5.74) is 3.06. The number of fused-ring (bicyclic) bond motifs is 2. The van der Waals surface area contributed by atoms with Gasteiger partial charge in [0.05, 0.1) is 23.7 Å². The maximum atomic E-state index is 12.7. The van der Waals surface area contributed by atoms with Gasteiger partial charge < -0.3 is 20.0 Å². The van der Waals surface area contributed by atoms with Gasteiger partial charge in [-0.1, -0.05) is 18.2 Å². The summed E-state index contributed by atoms with van der Waals surface area (Å²) in [7, 11) is 1.58. The first-order valence-electron chi connectivity index (χ1n) is 9.86. The number of rotatable bonds is 5. The minimum absolute atomic E-state index is 0.0480. The molecule has 3 aromatic heterocycles. The van der Waals surface area contributed by atoms with E-state index < -0.39 is 11.5 Å². The molecule has 3 heterocycles. The Morgan fingerprint density at radius 2 is 2.00 bits per heavy atom. The van der Waals surface area contributed by atoms with Gasteiger partial charge in [0.25, 0.3) is 11.5 Å². The molecule has 0 aliphatic carbocycles. The molecule has 0 radical (unpaired) electrons. The van der Waals surface area contributed by atoms with Crippen molar-refractivity contribution in [2.45, 2.75) is 6.54 Å². The van der Waals surface area contributed by atoms with E-state index in [4.69, 9.17) is 4.74 Å². The molecule has 0 atom stereocenters. The average molecular weight is 426 g/mol. The third-order valence-corrected chi connectivity index (χ3v) is 5.14. The monoisotopic (exact) mass is 426 g/mol. The number of aromatic amines is 2. The van der Waals surface area contributed by atoms with Crippen molar-refractivity contribution in [3.63, 3.8) is 0 Å². The molecule has 3 N–H and O–H groups in total. The number of hydrogen-bond donors (Lipinski definition) is 3. The third kappa shape index (κ3) is 3.56. The SMILES string of the molecule is COc1cccc(CNC(=O)c2nc3ccc(-c4ncnc5[nH]ccc45)cc3c(=O)[nH]2)c1. The lowest BCUT2D eigenvalue weighted by Crippen LogP contribution is -2.27. The first kappa shape index (κ1) is 19.4. The van der Waals surface area contributed by atoms with Crippen LogP contribution in [0.25, 0.3) is 33.2 Å². The van der Waals surface area contributed by atoms with Crippen molar-refractivity contribution < 1.29 is 9.53 Å². The van der Waals surface area contributed by atoms with E-state index >= 15 is 0 Å². The summed E-state index contributed by atoms with van der Waals surface area (Å²) >= 11 is 0. The van der Waals surface area contributed by atoms with Crippen LogP contribution in [-0.2, 0) is 6.54 Å². The molecule has 0 saturated carbocycles. The fraction of sp³-hybridized carbons (Fsp3) is 0.0870. The van der Waals surface area contributed by atoms with Gasteiger partial charge in [0, 0.05) is 23.7 Å². The van der Waals surface area contributed by atoms with Crippen LogP contribution in [0.4, 0.5) is 0 Å². The number of amides is 1. The maximum absolute atomic E-state index is 12.7. The second-order valence-corrected chi connectivity index (χ2v) is 7.14. The molecule has 158 valence electrons. The van der Waals surface area contributed by atoms with E-state index in [1.54, 1.807) is 25.4 Å². The number of aromatic nitrogens is 5. The maximum Gasteiger partial charge on any atom is 0.287 e. The summed E-state index contributed by atoms with van der Waals surface area (Å²) in [6.45, 7) is 0.275. The molecule has 0 unspecified atom stereocenters. The molecule has 9 heteroatoms. The molecule has 32 heavy (non-hydrogen) atoms. The quantitative estimate of drug-likeness (QED) is 0.397. The predicted octanol–water partition coefficient (Wildman–Crippen LogP) is 2.80. The van der Waals surface area contributed by atoms with Gasteiger partial charge in [0.1, 0.15) is 17.7 Å². The number of ether oxygens (including phenoxy) is 1. The molecule has 1 amide bonds. The van der Waals surface area contributed by atoms with Gasteiger partial charge in [-0.2, -0.15) is 0 Å². The van der Waals surface area contributed by atoms with Crippen LogP contribution in [0.5, 0.6) is 5.75 Å². The molecule has 0 aliphatic heterocycles. The second-order valence-electron chi connectivity index (χ2n) is 7.14. The van der Waals surface area contributed by atoms with Crippen molar-refractivity contribution in [3.05, 3.63) is 82.8 Å². The summed E-state index contributed by atoms with van der Waals surface area (Å²) in [5, 5.41) is 3.99. The molecule has 0 saturated heterocycles. The molecular formula is C23H18N6O3. The van der Waals surface area contributed by atoms with E-state index in [0.717, 1.165) is 16.5 Å². The first-order valence-corrected chi connectivity index (χ1v) is 9.86. The van der Waals surface area contributed by atoms with Crippen LogP contribution in [-0.4, -0.2) is 37.9 Å². The van der Waals surface area contributed by atoms with Crippen molar-refractivity contribution in [1.29, 1.82) is 0 Å². The van der Waals surface area contributed by atoms with E-state index in [2.05, 4.69) is 30.2 Å². The second kappa shape index (κ2) is 7.95. The number of methoxy groups -OCH3 is 1. The van der Waals surface area contributed by atoms with Crippen LogP contribution in [0.2, 0.25) is 0 Å². The van der Waals surface area contributed by atoms with Crippen molar-refractivity contribution >= 4 is 27.8 Å². The van der Waals surface area contributed by atoms with Crippen molar-refractivity contribution in [1.82, 2.24) is 30.2 Å². The molecule has 5 rings (SSSR count). The largest absolute Gasteiger partial charge is 0.497 e. The summed E-state index contributed by atoms with van der Waals surface area (Å²) in [4.78, 5) is 43.8. The van der Waals surface area contributed by atoms with E-state index in [1.165, 1.54) is 6.33 Å². The van der Waals surface area contributed by atoms with Crippen LogP contribution in [0, 0.1) is 0 Å². The standard InChI is InChI=1S/C23H18N6O3/c1-32-15-4-2-3-13(9-15)11-25-23(31)21-28-18-6-5-14(10-17(18)22(30)29-21)19-16-7-8-24-20(16)27-12-26-19/h2-10,12H,11H2,1H3,(H,25,31)(H,24,26,27)(H,28,29,30). The van der Waals surface area contributed by atoms with E-state index in [9.17, 15) is 9.59 Å². The third-order valence-electron chi connectivity index (χ3n) is 5.14. The van der Waals surface area contributed by atoms with Gasteiger partial charge in [0.2, 0.25) is 0 Å². The first-order chi connectivity index (χ1) is 15.6. The molecular weight excluding hydrogens is 408 g/mol. The molecule has 5 aromatic rings. The molecule has 0 spiro atoms. The summed E-state index contributed by atoms with van der Waals surface area (Å²) in [5.74, 6) is 0.180. The van der Waals surface area contributed by atoms with Crippen LogP contribution < -0.4 is 15.6 Å². The molecule has 2 aromatic carbocycles. The minimum atomic E-state index is -0.472. The highest BCUT2D eigenvalue weighted by Gasteiger charge is 2.14. The van der Waals surface area contributed by atoms with Gasteiger partial charge in [-0.25, -0.2) is 15.0 Å². The Kier molecular flexibility index (Phi) is 4.83. The number of benzene rings is 2. The Balaban J connectivity index is 1.43. The van der Waals surface area contributed by atoms with E-state index in [1.807, 2.05) is 36.4 Å². The minimum Gasteiger partial charge on any atom is -0.497 e. The zero-order chi connectivity index (χ0) is 22.1. The zero-order valence-electron chi connectivity index (χ0n) is 17.0. The zero-order valence-corrected chi connectivity index (χ0v) is 17.0. The summed E-state index contributed by atoms with van der Waals surface area (Å²) in [6.07, 6.45) is 3.26. The molecule has 0 bridgehead atoms. The Bertz CT molecular complexity index is 1520. The van der Waals surface area contributed by atoms with Crippen LogP contribution in [0.3, 0.4) is 0 Å². The van der Waals surface area contributed by atoms with Crippen molar-refractivity contribution in [2.75, 3.05) is 7.11 Å². The van der Waals surface area contributed by atoms with Gasteiger partial charge in [0.15, 0.2) is 5.82 Å². The predicted molar refractivity (Wildman–Crippen MR) is 119 cm³/mol. The average Bonchev–Trinajstić information content (AvgIpc) is 3.31. The number of hydrogen-bond acceptors (Lipinski definition) is 6. The highest BCUT2D eigenvalue weighted by molar-refractivity contribution is 5.95. The lowest BCUT2D eigenvalue weighted by molar-refractivity contribution is 0.0940. The van der Waals surface area contributed by atoms with Crippen LogP contribution in [0.15, 0.2) is 65.8 Å². The van der Waals surface area contributed by atoms with Gasteiger partial charge in [-0.15, -0.1) is 0 Å². The number of nitrogens with one attached hydrogen (secondary N) is 3. The molecule has 9 nitrogen and oxygen atoms in total. The highest BCUT2D eigenvalue weighted by Crippen LogP contribution is 2.26. The van der Waals surface area contributed by atoms with E-state index in [0.29, 0.717) is 28.0 Å². The van der Waals surface area contributed by atoms with Crippen LogP contribution in [0.1, 0.15) is 16.2 Å². The summed E-state index contributed by atoms with van der Waals surface area (Å²) in [6, 6.07) is 14.5. The Hall–Kier alpha value is -4.53. The number of H-pyrrole nitrogens is 2. The highest BCUT2D eigenvalue weighted by atomic mass is 16.5. The molecule has 0 aliphatic rings. The Morgan fingerprint density at radius 3 is 2.88 bits per heavy atom. The number of carbonyl (C=O) groups is 1. The number of carbonyl (C=O) groups excluding carboxylic acids is 1. The fourth-order valence-corrected chi connectivity index (χ4v) is 3.54. The van der Waals surface area contributed by atoms with E-state index in [-0.39, 0.29) is 12.4 Å². The van der Waals surface area contributed by atoms with Gasteiger partial charge in [-0.05, 0) is 35.9 Å². The molecule has 0 fully saturated rings. The Labute approximate surface area is 181 Å². The summed E-state index contributed by atoms with van der Waals surface area (Å²) < 4.78 is 5.19. The van der Waals surface area contributed by atoms with Gasteiger partial charge >= 0.3 is 0 Å². The Morgan fingerprint density at radius 1 is 1.09 bits per heavy atom. The fourth-order valence-electron chi connectivity index (χ4n) is 3.54. The lowest BCUT2D eigenvalue weighted by Gasteiger charge is -2.08. The smallest absolute Gasteiger partial charge is 0.287 e. The normalized spacial score (nSPS) is 11.0. The van der Waals surface area contributed by atoms with Gasteiger partial charge in [-0.3, -0.25) is 9.59 Å². The van der Waals surface area contributed by atoms with Crippen molar-refractivity contribution in [3.8, 4) is 17.0 Å². The topological polar surface area (TPSA) is 126 Å². The lowest BCUT2D eigenvalue weighted by atomic mass is 10.1. The number of nitrogens with zero attached hydrogens (tertiary/aromatic N) is 3.